The van der Waals surface area contributed by atoms with Gasteiger partial charge in [-0.25, -0.2) is 8.91 Å². The van der Waals surface area contributed by atoms with Gasteiger partial charge in [0.05, 0.1) is 11.3 Å². The molecule has 0 spiro atoms. The minimum atomic E-state index is -0.294. The van der Waals surface area contributed by atoms with Crippen LogP contribution in [0.25, 0.3) is 27.8 Å². The van der Waals surface area contributed by atoms with E-state index in [9.17, 15) is 9.18 Å². The maximum atomic E-state index is 13.3. The number of rotatable bonds is 2. The summed E-state index contributed by atoms with van der Waals surface area (Å²) in [4.78, 5) is 13.0. The zero-order valence-electron chi connectivity index (χ0n) is 15.6. The van der Waals surface area contributed by atoms with Crippen molar-refractivity contribution >= 4 is 16.7 Å². The minimum absolute atomic E-state index is 0.115. The SMILES string of the molecule is Cc1nn2c(nnc3c(=O)n(C4CCCCC4)ccc32)c1-c1ccc(F)cc1. The van der Waals surface area contributed by atoms with Gasteiger partial charge in [0.25, 0.3) is 5.56 Å². The Balaban J connectivity index is 1.70. The monoisotopic (exact) mass is 377 g/mol. The topological polar surface area (TPSA) is 65.1 Å². The summed E-state index contributed by atoms with van der Waals surface area (Å²) in [5.74, 6) is -0.294. The van der Waals surface area contributed by atoms with Gasteiger partial charge in [-0.05, 0) is 43.5 Å². The van der Waals surface area contributed by atoms with Crippen molar-refractivity contribution in [3.63, 3.8) is 0 Å². The van der Waals surface area contributed by atoms with E-state index in [0.717, 1.165) is 42.5 Å². The van der Waals surface area contributed by atoms with Gasteiger partial charge in [0, 0.05) is 12.2 Å². The molecule has 1 aliphatic carbocycles. The fourth-order valence-electron chi connectivity index (χ4n) is 4.27. The van der Waals surface area contributed by atoms with E-state index in [2.05, 4.69) is 15.3 Å². The van der Waals surface area contributed by atoms with E-state index in [-0.39, 0.29) is 17.4 Å². The largest absolute Gasteiger partial charge is 0.310 e. The molecule has 0 unspecified atom stereocenters. The van der Waals surface area contributed by atoms with Gasteiger partial charge in [0.2, 0.25) is 0 Å². The van der Waals surface area contributed by atoms with Crippen LogP contribution in [0.1, 0.15) is 43.8 Å². The van der Waals surface area contributed by atoms with Crippen molar-refractivity contribution < 1.29 is 4.39 Å². The van der Waals surface area contributed by atoms with Crippen LogP contribution in [-0.4, -0.2) is 24.4 Å². The fourth-order valence-corrected chi connectivity index (χ4v) is 4.27. The average molecular weight is 377 g/mol. The van der Waals surface area contributed by atoms with E-state index < -0.39 is 0 Å². The van der Waals surface area contributed by atoms with E-state index in [4.69, 9.17) is 0 Å². The Morgan fingerprint density at radius 2 is 1.79 bits per heavy atom. The molecule has 6 nitrogen and oxygen atoms in total. The van der Waals surface area contributed by atoms with Gasteiger partial charge >= 0.3 is 0 Å². The second kappa shape index (κ2) is 6.51. The van der Waals surface area contributed by atoms with E-state index >= 15 is 0 Å². The molecule has 0 bridgehead atoms. The zero-order valence-corrected chi connectivity index (χ0v) is 15.6. The molecule has 0 N–H and O–H groups in total. The van der Waals surface area contributed by atoms with Gasteiger partial charge in [-0.3, -0.25) is 4.79 Å². The summed E-state index contributed by atoms with van der Waals surface area (Å²) in [5.41, 5.74) is 3.78. The third-order valence-electron chi connectivity index (χ3n) is 5.68. The van der Waals surface area contributed by atoms with Crippen molar-refractivity contribution in [1.29, 1.82) is 0 Å². The summed E-state index contributed by atoms with van der Waals surface area (Å²) < 4.78 is 16.8. The second-order valence-corrected chi connectivity index (χ2v) is 7.46. The minimum Gasteiger partial charge on any atom is -0.310 e. The van der Waals surface area contributed by atoms with Gasteiger partial charge < -0.3 is 4.57 Å². The molecule has 0 amide bonds. The number of halogens is 1. The molecule has 1 saturated carbocycles. The smallest absolute Gasteiger partial charge is 0.280 e. The van der Waals surface area contributed by atoms with E-state index in [1.807, 2.05) is 19.2 Å². The molecule has 142 valence electrons. The summed E-state index contributed by atoms with van der Waals surface area (Å²) in [7, 11) is 0. The standard InChI is InChI=1S/C21H20FN5O/c1-13-18(14-7-9-15(22)10-8-14)20-24-23-19-17(27(20)25-13)11-12-26(21(19)28)16-5-3-2-4-6-16/h7-12,16H,2-6H2,1H3. The molecule has 1 fully saturated rings. The van der Waals surface area contributed by atoms with Gasteiger partial charge in [-0.2, -0.15) is 5.10 Å². The molecule has 4 aromatic rings. The first-order valence-electron chi connectivity index (χ1n) is 9.66. The molecule has 7 heteroatoms. The lowest BCUT2D eigenvalue weighted by atomic mass is 9.95. The Morgan fingerprint density at radius 1 is 1.04 bits per heavy atom. The molecular weight excluding hydrogens is 357 g/mol. The quantitative estimate of drug-likeness (QED) is 0.528. The first kappa shape index (κ1) is 17.0. The first-order valence-corrected chi connectivity index (χ1v) is 9.66. The van der Waals surface area contributed by atoms with Crippen LogP contribution < -0.4 is 5.56 Å². The van der Waals surface area contributed by atoms with Crippen LogP contribution >= 0.6 is 0 Å². The molecule has 0 radical (unpaired) electrons. The van der Waals surface area contributed by atoms with Crippen LogP contribution in [-0.2, 0) is 0 Å². The van der Waals surface area contributed by atoms with Crippen LogP contribution in [0.4, 0.5) is 4.39 Å². The highest BCUT2D eigenvalue weighted by Gasteiger charge is 2.20. The lowest BCUT2D eigenvalue weighted by Crippen LogP contribution is -2.27. The fraction of sp³-hybridized carbons (Fsp3) is 0.333. The highest BCUT2D eigenvalue weighted by molar-refractivity contribution is 5.84. The van der Waals surface area contributed by atoms with Crippen LogP contribution in [0.15, 0.2) is 41.3 Å². The number of hydrogen-bond donors (Lipinski definition) is 0. The summed E-state index contributed by atoms with van der Waals surface area (Å²) in [5, 5.41) is 13.2. The summed E-state index contributed by atoms with van der Waals surface area (Å²) in [6, 6.07) is 8.36. The Kier molecular flexibility index (Phi) is 3.96. The number of aromatic nitrogens is 5. The van der Waals surface area contributed by atoms with E-state index in [0.29, 0.717) is 16.7 Å². The molecule has 3 aromatic heterocycles. The number of fused-ring (bicyclic) bond motifs is 3. The zero-order chi connectivity index (χ0) is 19.3. The number of hydrogen-bond acceptors (Lipinski definition) is 4. The number of aryl methyl sites for hydroxylation is 1. The van der Waals surface area contributed by atoms with Gasteiger partial charge in [0.1, 0.15) is 11.3 Å². The predicted octanol–water partition coefficient (Wildman–Crippen LogP) is 4.06. The molecule has 28 heavy (non-hydrogen) atoms. The van der Waals surface area contributed by atoms with Gasteiger partial charge in [-0.15, -0.1) is 10.2 Å². The Bertz CT molecular complexity index is 1240. The van der Waals surface area contributed by atoms with Gasteiger partial charge in [0.15, 0.2) is 11.2 Å². The summed E-state index contributed by atoms with van der Waals surface area (Å²) in [6.07, 6.45) is 7.44. The third kappa shape index (κ3) is 2.61. The molecule has 1 aromatic carbocycles. The molecule has 0 atom stereocenters. The molecule has 3 heterocycles. The average Bonchev–Trinajstić information content (AvgIpc) is 3.06. The lowest BCUT2D eigenvalue weighted by Gasteiger charge is -2.23. The molecular formula is C21H20FN5O. The lowest BCUT2D eigenvalue weighted by molar-refractivity contribution is 0.347. The van der Waals surface area contributed by atoms with Crippen molar-refractivity contribution in [2.75, 3.05) is 0 Å². The normalized spacial score (nSPS) is 15.5. The summed E-state index contributed by atoms with van der Waals surface area (Å²) >= 11 is 0. The van der Waals surface area contributed by atoms with E-state index in [1.54, 1.807) is 21.2 Å². The molecule has 0 aliphatic heterocycles. The van der Waals surface area contributed by atoms with Crippen LogP contribution in [0.3, 0.4) is 0 Å². The number of pyridine rings is 1. The molecule has 1 aliphatic rings. The van der Waals surface area contributed by atoms with Crippen molar-refractivity contribution in [3.05, 3.63) is 58.4 Å². The second-order valence-electron chi connectivity index (χ2n) is 7.46. The van der Waals surface area contributed by atoms with Crippen LogP contribution in [0.5, 0.6) is 0 Å². The Hall–Kier alpha value is -3.09. The van der Waals surface area contributed by atoms with E-state index in [1.165, 1.54) is 18.6 Å². The molecule has 5 rings (SSSR count). The highest BCUT2D eigenvalue weighted by atomic mass is 19.1. The first-order chi connectivity index (χ1) is 13.6. The van der Waals surface area contributed by atoms with Crippen molar-refractivity contribution in [1.82, 2.24) is 24.4 Å². The van der Waals surface area contributed by atoms with Gasteiger partial charge in [-0.1, -0.05) is 31.4 Å². The van der Waals surface area contributed by atoms with Crippen molar-refractivity contribution in [2.24, 2.45) is 0 Å². The Morgan fingerprint density at radius 3 is 2.54 bits per heavy atom. The third-order valence-corrected chi connectivity index (χ3v) is 5.68. The van der Waals surface area contributed by atoms with Crippen LogP contribution in [0.2, 0.25) is 0 Å². The van der Waals surface area contributed by atoms with Crippen molar-refractivity contribution in [3.8, 4) is 11.1 Å². The highest BCUT2D eigenvalue weighted by Crippen LogP contribution is 2.29. The molecule has 0 saturated heterocycles. The Labute approximate surface area is 160 Å². The summed E-state index contributed by atoms with van der Waals surface area (Å²) in [6.45, 7) is 1.88. The predicted molar refractivity (Wildman–Crippen MR) is 105 cm³/mol. The maximum Gasteiger partial charge on any atom is 0.280 e. The number of benzene rings is 1. The van der Waals surface area contributed by atoms with Crippen molar-refractivity contribution in [2.45, 2.75) is 45.1 Å². The maximum absolute atomic E-state index is 13.3. The number of nitrogens with zero attached hydrogens (tertiary/aromatic N) is 5. The van der Waals surface area contributed by atoms with Crippen LogP contribution in [0, 0.1) is 12.7 Å².